The van der Waals surface area contributed by atoms with Gasteiger partial charge in [-0.3, -0.25) is 33.6 Å². The van der Waals surface area contributed by atoms with Crippen LogP contribution in [0.2, 0.25) is 5.02 Å². The number of benzene rings is 2. The minimum Gasteiger partial charge on any atom is -0.508 e. The molecule has 55 heavy (non-hydrogen) atoms. The second kappa shape index (κ2) is 13.6. The van der Waals surface area contributed by atoms with E-state index in [1.165, 1.54) is 27.7 Å². The molecule has 4 amide bonds. The standard InChI is InChI=1S/C41H41ClN4O8S/c1-20-25-16-21(42)9-14-31(25)55-36(20)29-19-32(44(3)43-29)46-38(51)28-18-26-23(35(41(28,2)40(46)53)27-17-22(54-4)10-13-30(27)47)11-12-24-34(26)39(52)45(37(24)50)15-7-5-6-8-33(48)49/h9-11,13-14,16-17,19,24,26,28,34-35,47H,5-8,12,15,18H2,1-4H3,(H,48,49). The summed E-state index contributed by atoms with van der Waals surface area (Å²) in [5.74, 6) is -5.28. The third-order valence-corrected chi connectivity index (χ3v) is 13.9. The van der Waals surface area contributed by atoms with Crippen molar-refractivity contribution in [2.45, 2.75) is 58.3 Å². The second-order valence-corrected chi connectivity index (χ2v) is 16.8. The van der Waals surface area contributed by atoms with Gasteiger partial charge in [-0.2, -0.15) is 5.10 Å². The number of aliphatic carboxylic acids is 1. The predicted molar refractivity (Wildman–Crippen MR) is 206 cm³/mol. The Kier molecular flexibility index (Phi) is 9.15. The zero-order valence-electron chi connectivity index (χ0n) is 30.9. The van der Waals surface area contributed by atoms with Crippen molar-refractivity contribution < 1.29 is 38.9 Å². The topological polar surface area (TPSA) is 159 Å². The first-order valence-electron chi connectivity index (χ1n) is 18.5. The number of halogens is 1. The van der Waals surface area contributed by atoms with E-state index < -0.39 is 52.8 Å². The first kappa shape index (κ1) is 36.9. The number of ether oxygens (including phenoxy) is 1. The fourth-order valence-electron chi connectivity index (χ4n) is 9.69. The molecular formula is C41H41ClN4O8S. The van der Waals surface area contributed by atoms with Gasteiger partial charge in [0.1, 0.15) is 23.0 Å². The number of likely N-dealkylation sites (tertiary alicyclic amines) is 1. The van der Waals surface area contributed by atoms with Gasteiger partial charge >= 0.3 is 5.97 Å². The number of imide groups is 2. The lowest BCUT2D eigenvalue weighted by Crippen LogP contribution is -2.49. The minimum atomic E-state index is -1.37. The number of hydrogen-bond acceptors (Lipinski definition) is 9. The fraction of sp³-hybridized carbons (Fsp3) is 0.415. The average molecular weight is 785 g/mol. The molecule has 2 aromatic carbocycles. The Balaban J connectivity index is 1.19. The van der Waals surface area contributed by atoms with Gasteiger partial charge in [-0.1, -0.05) is 29.7 Å². The number of amides is 4. The summed E-state index contributed by atoms with van der Waals surface area (Å²) in [7, 11) is 3.20. The number of carbonyl (C=O) groups is 5. The number of thiophene rings is 1. The number of phenolic OH excluding ortho intramolecular Hbond substituents is 1. The van der Waals surface area contributed by atoms with Crippen LogP contribution in [0.3, 0.4) is 0 Å². The molecule has 0 spiro atoms. The first-order valence-corrected chi connectivity index (χ1v) is 19.7. The van der Waals surface area contributed by atoms with E-state index in [0.717, 1.165) is 26.1 Å². The van der Waals surface area contributed by atoms with Crippen LogP contribution in [0.1, 0.15) is 62.5 Å². The Morgan fingerprint density at radius 2 is 1.82 bits per heavy atom. The van der Waals surface area contributed by atoms with Crippen molar-refractivity contribution >= 4 is 68.4 Å². The van der Waals surface area contributed by atoms with Crippen molar-refractivity contribution in [1.29, 1.82) is 0 Å². The van der Waals surface area contributed by atoms with E-state index in [0.29, 0.717) is 47.1 Å². The van der Waals surface area contributed by atoms with E-state index >= 15 is 4.79 Å². The van der Waals surface area contributed by atoms with Crippen molar-refractivity contribution in [1.82, 2.24) is 14.7 Å². The number of aromatic nitrogens is 2. The molecule has 286 valence electrons. The Morgan fingerprint density at radius 3 is 2.56 bits per heavy atom. The number of aryl methyl sites for hydroxylation is 2. The molecule has 8 rings (SSSR count). The summed E-state index contributed by atoms with van der Waals surface area (Å²) in [5.41, 5.74) is 1.37. The number of hydrogen-bond donors (Lipinski definition) is 2. The molecule has 2 N–H and O–H groups in total. The molecule has 2 aliphatic carbocycles. The monoisotopic (exact) mass is 784 g/mol. The molecule has 6 atom stereocenters. The number of phenols is 1. The SMILES string of the molecule is COc1ccc(O)c(C2C3=CCC4C(=O)N(CCCCCC(=O)O)C(=O)C4C3CC3C(=O)N(c4cc(-c5sc6ccc(Cl)cc6c5C)nn4C)C(=O)C32C)c1. The number of carboxylic acid groups (broad SMARTS) is 1. The first-order chi connectivity index (χ1) is 26.3. The number of unbranched alkanes of at least 4 members (excludes halogenated alkanes) is 2. The van der Waals surface area contributed by atoms with E-state index in [-0.39, 0.29) is 43.4 Å². The molecule has 2 aromatic heterocycles. The van der Waals surface area contributed by atoms with Gasteiger partial charge in [-0.05, 0) is 92.8 Å². The van der Waals surface area contributed by atoms with Crippen molar-refractivity contribution in [3.05, 3.63) is 70.3 Å². The molecule has 0 bridgehead atoms. The number of carbonyl (C=O) groups excluding carboxylic acids is 4. The lowest BCUT2D eigenvalue weighted by atomic mass is 9.51. The summed E-state index contributed by atoms with van der Waals surface area (Å²) >= 11 is 7.86. The van der Waals surface area contributed by atoms with Gasteiger partial charge in [-0.15, -0.1) is 11.3 Å². The fourth-order valence-corrected chi connectivity index (χ4v) is 11.0. The average Bonchev–Trinajstić information content (AvgIpc) is 3.82. The van der Waals surface area contributed by atoms with Crippen LogP contribution in [0.25, 0.3) is 20.7 Å². The summed E-state index contributed by atoms with van der Waals surface area (Å²) in [5, 5.41) is 26.8. The van der Waals surface area contributed by atoms with Gasteiger partial charge in [0.25, 0.3) is 0 Å². The quantitative estimate of drug-likeness (QED) is 0.0996. The molecule has 14 heteroatoms. The normalized spacial score (nSPS) is 26.1. The number of aromatic hydroxyl groups is 1. The maximum atomic E-state index is 15.1. The van der Waals surface area contributed by atoms with Crippen molar-refractivity contribution in [3.8, 4) is 22.1 Å². The highest BCUT2D eigenvalue weighted by molar-refractivity contribution is 7.22. The third-order valence-electron chi connectivity index (χ3n) is 12.4. The van der Waals surface area contributed by atoms with Crippen LogP contribution in [0.4, 0.5) is 5.82 Å². The predicted octanol–water partition coefficient (Wildman–Crippen LogP) is 6.85. The van der Waals surface area contributed by atoms with Crippen molar-refractivity contribution in [2.24, 2.45) is 36.1 Å². The highest BCUT2D eigenvalue weighted by atomic mass is 35.5. The lowest BCUT2D eigenvalue weighted by molar-refractivity contribution is -0.141. The molecule has 0 radical (unpaired) electrons. The number of rotatable bonds is 10. The Morgan fingerprint density at radius 1 is 1.04 bits per heavy atom. The number of nitrogens with zero attached hydrogens (tertiary/aromatic N) is 4. The molecule has 2 saturated heterocycles. The van der Waals surface area contributed by atoms with Gasteiger partial charge < -0.3 is 14.9 Å². The maximum absolute atomic E-state index is 15.1. The molecule has 6 unspecified atom stereocenters. The maximum Gasteiger partial charge on any atom is 0.303 e. The largest absolute Gasteiger partial charge is 0.508 e. The summed E-state index contributed by atoms with van der Waals surface area (Å²) in [4.78, 5) is 72.3. The number of fused-ring (bicyclic) bond motifs is 5. The van der Waals surface area contributed by atoms with E-state index in [1.807, 2.05) is 31.2 Å². The number of methoxy groups -OCH3 is 1. The van der Waals surface area contributed by atoms with E-state index in [2.05, 4.69) is 0 Å². The summed E-state index contributed by atoms with van der Waals surface area (Å²) in [6.45, 7) is 3.95. The van der Waals surface area contributed by atoms with Crippen LogP contribution in [0.5, 0.6) is 11.5 Å². The van der Waals surface area contributed by atoms with Crippen molar-refractivity contribution in [3.63, 3.8) is 0 Å². The molecular weight excluding hydrogens is 744 g/mol. The van der Waals surface area contributed by atoms with Gasteiger partial charge in [-0.25, -0.2) is 4.90 Å². The smallest absolute Gasteiger partial charge is 0.303 e. The lowest BCUT2D eigenvalue weighted by Gasteiger charge is -2.49. The van der Waals surface area contributed by atoms with Gasteiger partial charge in [0.15, 0.2) is 0 Å². The van der Waals surface area contributed by atoms with Crippen LogP contribution < -0.4 is 9.64 Å². The van der Waals surface area contributed by atoms with E-state index in [9.17, 15) is 24.3 Å². The summed E-state index contributed by atoms with van der Waals surface area (Å²) in [6.07, 6.45) is 3.89. The number of anilines is 1. The molecule has 12 nitrogen and oxygen atoms in total. The minimum absolute atomic E-state index is 0.0190. The zero-order chi connectivity index (χ0) is 39.1. The molecule has 4 heterocycles. The second-order valence-electron chi connectivity index (χ2n) is 15.3. The Labute approximate surface area is 326 Å². The van der Waals surface area contributed by atoms with Crippen molar-refractivity contribution in [2.75, 3.05) is 18.6 Å². The van der Waals surface area contributed by atoms with Crippen LogP contribution >= 0.6 is 22.9 Å². The Hall–Kier alpha value is -5.01. The summed E-state index contributed by atoms with van der Waals surface area (Å²) in [6, 6.07) is 12.3. The third kappa shape index (κ3) is 5.68. The highest BCUT2D eigenvalue weighted by Gasteiger charge is 2.68. The molecule has 4 aromatic rings. The summed E-state index contributed by atoms with van der Waals surface area (Å²) < 4.78 is 8.12. The van der Waals surface area contributed by atoms with E-state index in [4.69, 9.17) is 26.5 Å². The van der Waals surface area contributed by atoms with Gasteiger partial charge in [0, 0.05) is 47.3 Å². The van der Waals surface area contributed by atoms with Gasteiger partial charge in [0.05, 0.1) is 35.2 Å². The van der Waals surface area contributed by atoms with E-state index in [1.54, 1.807) is 43.5 Å². The number of allylic oxidation sites excluding steroid dienone is 2. The Bertz CT molecular complexity index is 2350. The molecule has 4 aliphatic rings. The van der Waals surface area contributed by atoms with Crippen LogP contribution in [0.15, 0.2) is 54.1 Å². The number of carboxylic acids is 1. The zero-order valence-corrected chi connectivity index (χ0v) is 32.4. The van der Waals surface area contributed by atoms with Crippen LogP contribution in [-0.2, 0) is 31.0 Å². The molecule has 2 aliphatic heterocycles. The molecule has 1 saturated carbocycles. The highest BCUT2D eigenvalue weighted by Crippen LogP contribution is 2.64. The van der Waals surface area contributed by atoms with Crippen LogP contribution in [0, 0.1) is 36.0 Å². The van der Waals surface area contributed by atoms with Gasteiger partial charge in [0.2, 0.25) is 23.6 Å². The van der Waals surface area contributed by atoms with Crippen LogP contribution in [-0.4, -0.2) is 68.1 Å². The molecule has 3 fully saturated rings.